The molecule has 2 aromatic carbocycles. The molecule has 0 aliphatic heterocycles. The third-order valence-electron chi connectivity index (χ3n) is 3.69. The lowest BCUT2D eigenvalue weighted by Gasteiger charge is -2.07. The van der Waals surface area contributed by atoms with Gasteiger partial charge in [-0.1, -0.05) is 17.3 Å². The number of aromatic nitrogens is 2. The lowest BCUT2D eigenvalue weighted by atomic mass is 10.2. The molecule has 1 heterocycles. The first-order valence-corrected chi connectivity index (χ1v) is 7.62. The Morgan fingerprint density at radius 3 is 2.62 bits per heavy atom. The zero-order valence-electron chi connectivity index (χ0n) is 13.7. The van der Waals surface area contributed by atoms with Gasteiger partial charge in [-0.3, -0.25) is 14.7 Å². The minimum absolute atomic E-state index is 0.0184. The second-order valence-corrected chi connectivity index (χ2v) is 5.45. The van der Waals surface area contributed by atoms with Crippen LogP contribution in [0.1, 0.15) is 24.9 Å². The fourth-order valence-electron chi connectivity index (χ4n) is 2.46. The molecule has 0 bridgehead atoms. The van der Waals surface area contributed by atoms with Crippen molar-refractivity contribution < 1.29 is 18.5 Å². The predicted molar refractivity (Wildman–Crippen MR) is 91.1 cm³/mol. The van der Waals surface area contributed by atoms with Crippen LogP contribution in [0, 0.1) is 10.1 Å². The molecule has 0 aliphatic carbocycles. The van der Waals surface area contributed by atoms with Gasteiger partial charge < -0.3 is 4.84 Å². The van der Waals surface area contributed by atoms with Crippen molar-refractivity contribution in [3.8, 4) is 0 Å². The summed E-state index contributed by atoms with van der Waals surface area (Å²) in [6.45, 7) is -1.20. The van der Waals surface area contributed by atoms with Crippen molar-refractivity contribution in [2.24, 2.45) is 5.16 Å². The fourth-order valence-corrected chi connectivity index (χ4v) is 2.46. The lowest BCUT2D eigenvalue weighted by Crippen LogP contribution is -2.10. The number of non-ortho nitro benzene ring substituents is 1. The van der Waals surface area contributed by atoms with E-state index in [1.165, 1.54) is 31.2 Å². The van der Waals surface area contributed by atoms with E-state index in [9.17, 15) is 18.9 Å². The van der Waals surface area contributed by atoms with Crippen LogP contribution in [0.5, 0.6) is 0 Å². The summed E-state index contributed by atoms with van der Waals surface area (Å²) in [7, 11) is 0. The van der Waals surface area contributed by atoms with Gasteiger partial charge in [0.25, 0.3) is 5.69 Å². The Labute approximate surface area is 146 Å². The van der Waals surface area contributed by atoms with Crippen LogP contribution in [-0.2, 0) is 11.4 Å². The third-order valence-corrected chi connectivity index (χ3v) is 3.69. The molecule has 3 rings (SSSR count). The average Bonchev–Trinajstić information content (AvgIpc) is 3.02. The number of halogens is 2. The number of nitro benzene ring substituents is 1. The fraction of sp³-hybridized carbons (Fsp3) is 0.176. The van der Waals surface area contributed by atoms with Crippen LogP contribution < -0.4 is 0 Å². The Bertz CT molecular complexity index is 968. The molecule has 0 unspecified atom stereocenters. The molecule has 7 nitrogen and oxygen atoms in total. The molecule has 0 saturated carbocycles. The van der Waals surface area contributed by atoms with E-state index in [0.29, 0.717) is 16.6 Å². The summed E-state index contributed by atoms with van der Waals surface area (Å²) in [5.74, 6) is 0.0184. The lowest BCUT2D eigenvalue weighted by molar-refractivity contribution is -0.384. The molecule has 0 radical (unpaired) electrons. The van der Waals surface area contributed by atoms with Crippen molar-refractivity contribution in [2.45, 2.75) is 20.1 Å². The number of fused-ring (bicyclic) bond motifs is 1. The number of benzene rings is 2. The number of nitrogens with zero attached hydrogens (tertiary/aromatic N) is 4. The van der Waals surface area contributed by atoms with Crippen molar-refractivity contribution in [3.05, 3.63) is 70.0 Å². The van der Waals surface area contributed by atoms with E-state index in [4.69, 9.17) is 4.84 Å². The summed E-state index contributed by atoms with van der Waals surface area (Å²) < 4.78 is 27.6. The van der Waals surface area contributed by atoms with Gasteiger partial charge in [-0.15, -0.1) is 0 Å². The molecule has 0 aliphatic rings. The summed E-state index contributed by atoms with van der Waals surface area (Å²) in [5, 5.41) is 14.5. The van der Waals surface area contributed by atoms with E-state index in [0.717, 1.165) is 4.57 Å². The van der Waals surface area contributed by atoms with Crippen LogP contribution in [-0.4, -0.2) is 20.2 Å². The number of oxime groups is 1. The molecule has 26 heavy (non-hydrogen) atoms. The Hall–Kier alpha value is -3.36. The average molecular weight is 360 g/mol. The molecule has 9 heteroatoms. The van der Waals surface area contributed by atoms with Gasteiger partial charge >= 0.3 is 6.55 Å². The Balaban J connectivity index is 1.78. The van der Waals surface area contributed by atoms with E-state index >= 15 is 0 Å². The highest BCUT2D eigenvalue weighted by atomic mass is 19.3. The topological polar surface area (TPSA) is 82.6 Å². The van der Waals surface area contributed by atoms with Gasteiger partial charge in [-0.05, 0) is 36.8 Å². The summed E-state index contributed by atoms with van der Waals surface area (Å²) in [4.78, 5) is 19.5. The molecule has 0 fully saturated rings. The molecule has 3 aromatic rings. The highest BCUT2D eigenvalue weighted by molar-refractivity contribution is 5.98. The van der Waals surface area contributed by atoms with E-state index in [2.05, 4.69) is 10.1 Å². The Kier molecular flexibility index (Phi) is 4.87. The van der Waals surface area contributed by atoms with Crippen LogP contribution in [0.3, 0.4) is 0 Å². The zero-order valence-corrected chi connectivity index (χ0v) is 13.7. The number of hydrogen-bond acceptors (Lipinski definition) is 5. The minimum Gasteiger partial charge on any atom is -0.391 e. The second kappa shape index (κ2) is 7.26. The highest BCUT2D eigenvalue weighted by Gasteiger charge is 2.19. The Morgan fingerprint density at radius 2 is 1.96 bits per heavy atom. The van der Waals surface area contributed by atoms with Crippen molar-refractivity contribution in [2.75, 3.05) is 0 Å². The number of alkyl halides is 2. The summed E-state index contributed by atoms with van der Waals surface area (Å²) in [5.41, 5.74) is 1.58. The molecule has 0 amide bonds. The predicted octanol–water partition coefficient (Wildman–Crippen LogP) is 4.28. The van der Waals surface area contributed by atoms with Gasteiger partial charge in [0, 0.05) is 12.1 Å². The van der Waals surface area contributed by atoms with Crippen LogP contribution in [0.2, 0.25) is 0 Å². The first kappa shape index (κ1) is 17.5. The summed E-state index contributed by atoms with van der Waals surface area (Å²) in [6.07, 6.45) is 0. The standard InChI is InChI=1S/C17H14F2N4O3/c1-11(21-26-10-12-6-8-13(9-7-12)23(24)25)16-20-14-4-2-3-5-15(14)22(16)17(18)19/h2-9,17H,10H2,1H3/b21-11+. The smallest absolute Gasteiger partial charge is 0.320 e. The van der Waals surface area contributed by atoms with E-state index in [1.54, 1.807) is 24.3 Å². The number of nitro groups is 1. The maximum Gasteiger partial charge on any atom is 0.320 e. The number of para-hydroxylation sites is 2. The SMILES string of the molecule is C/C(=N\OCc1ccc([N+](=O)[O-])cc1)c1nc2ccccc2n1C(F)F. The van der Waals surface area contributed by atoms with Gasteiger partial charge in [-0.2, -0.15) is 8.78 Å². The minimum atomic E-state index is -2.77. The van der Waals surface area contributed by atoms with Gasteiger partial charge in [-0.25, -0.2) is 4.98 Å². The quantitative estimate of drug-likeness (QED) is 0.373. The number of hydrogen-bond donors (Lipinski definition) is 0. The molecule has 134 valence electrons. The number of imidazole rings is 1. The zero-order chi connectivity index (χ0) is 18.7. The molecule has 0 atom stereocenters. The number of rotatable bonds is 6. The molecule has 1 aromatic heterocycles. The second-order valence-electron chi connectivity index (χ2n) is 5.45. The van der Waals surface area contributed by atoms with Gasteiger partial charge in [0.2, 0.25) is 0 Å². The molecular formula is C17H14F2N4O3. The van der Waals surface area contributed by atoms with Crippen molar-refractivity contribution in [3.63, 3.8) is 0 Å². The first-order chi connectivity index (χ1) is 12.5. The molecule has 0 spiro atoms. The third kappa shape index (κ3) is 3.51. The van der Waals surface area contributed by atoms with Crippen LogP contribution in [0.25, 0.3) is 11.0 Å². The van der Waals surface area contributed by atoms with Crippen LogP contribution in [0.15, 0.2) is 53.7 Å². The van der Waals surface area contributed by atoms with Gasteiger partial charge in [0.1, 0.15) is 12.3 Å². The van der Waals surface area contributed by atoms with E-state index in [1.807, 2.05) is 0 Å². The molecule has 0 N–H and O–H groups in total. The van der Waals surface area contributed by atoms with Crippen molar-refractivity contribution >= 4 is 22.4 Å². The van der Waals surface area contributed by atoms with Crippen LogP contribution in [0.4, 0.5) is 14.5 Å². The monoisotopic (exact) mass is 360 g/mol. The van der Waals surface area contributed by atoms with E-state index < -0.39 is 11.5 Å². The Morgan fingerprint density at radius 1 is 1.27 bits per heavy atom. The largest absolute Gasteiger partial charge is 0.391 e. The van der Waals surface area contributed by atoms with E-state index in [-0.39, 0.29) is 23.8 Å². The summed E-state index contributed by atoms with van der Waals surface area (Å²) in [6, 6.07) is 12.4. The maximum absolute atomic E-state index is 13.4. The summed E-state index contributed by atoms with van der Waals surface area (Å²) >= 11 is 0. The molecular weight excluding hydrogens is 346 g/mol. The van der Waals surface area contributed by atoms with Crippen molar-refractivity contribution in [1.29, 1.82) is 0 Å². The molecule has 0 saturated heterocycles. The maximum atomic E-state index is 13.4. The first-order valence-electron chi connectivity index (χ1n) is 7.62. The van der Waals surface area contributed by atoms with Gasteiger partial charge in [0.15, 0.2) is 5.82 Å². The van der Waals surface area contributed by atoms with Crippen LogP contribution >= 0.6 is 0 Å². The van der Waals surface area contributed by atoms with Crippen molar-refractivity contribution in [1.82, 2.24) is 9.55 Å². The normalized spacial score (nSPS) is 11.9. The highest BCUT2D eigenvalue weighted by Crippen LogP contribution is 2.23. The van der Waals surface area contributed by atoms with Gasteiger partial charge in [0.05, 0.1) is 16.0 Å².